The topological polar surface area (TPSA) is 60.6 Å². The zero-order chi connectivity index (χ0) is 13.4. The van der Waals surface area contributed by atoms with Crippen LogP contribution in [0.25, 0.3) is 0 Å². The van der Waals surface area contributed by atoms with Gasteiger partial charge in [-0.15, -0.1) is 5.10 Å². The lowest BCUT2D eigenvalue weighted by Gasteiger charge is -2.17. The molecule has 0 fully saturated rings. The Kier molecular flexibility index (Phi) is 3.54. The predicted octanol–water partition coefficient (Wildman–Crippen LogP) is 1.24. The molecule has 2 heterocycles. The molecule has 2 aromatic rings. The Balaban J connectivity index is 2.59. The van der Waals surface area contributed by atoms with Crippen molar-refractivity contribution < 1.29 is 0 Å². The lowest BCUT2D eigenvalue weighted by Crippen LogP contribution is -2.22. The van der Waals surface area contributed by atoms with Crippen molar-refractivity contribution in [3.8, 4) is 0 Å². The molecule has 1 unspecified atom stereocenters. The van der Waals surface area contributed by atoms with Gasteiger partial charge in [-0.05, 0) is 36.8 Å². The Morgan fingerprint density at radius 3 is 2.28 bits per heavy atom. The fourth-order valence-electron chi connectivity index (χ4n) is 2.27. The minimum atomic E-state index is 0.0214. The van der Waals surface area contributed by atoms with Crippen molar-refractivity contribution in [3.05, 3.63) is 27.2 Å². The standard InChI is InChI=1S/C11H17BrN6/c1-6-8(7(2)17(4)15-6)9(13-3)10-11(12)14-16-18(10)5/h9,13H,1-5H3. The van der Waals surface area contributed by atoms with E-state index in [0.29, 0.717) is 0 Å². The number of halogens is 1. The van der Waals surface area contributed by atoms with Gasteiger partial charge in [0.05, 0.1) is 17.4 Å². The summed E-state index contributed by atoms with van der Waals surface area (Å²) in [6, 6.07) is 0.0214. The molecular weight excluding hydrogens is 296 g/mol. The summed E-state index contributed by atoms with van der Waals surface area (Å²) in [6.45, 7) is 4.09. The van der Waals surface area contributed by atoms with Crippen molar-refractivity contribution in [3.63, 3.8) is 0 Å². The SMILES string of the molecule is CNC(c1c(C)nn(C)c1C)c1c(Br)nnn1C. The largest absolute Gasteiger partial charge is 0.308 e. The van der Waals surface area contributed by atoms with Gasteiger partial charge in [0.15, 0.2) is 4.60 Å². The Morgan fingerprint density at radius 1 is 1.22 bits per heavy atom. The second-order valence-electron chi connectivity index (χ2n) is 4.32. The second kappa shape index (κ2) is 4.81. The lowest BCUT2D eigenvalue weighted by atomic mass is 10.0. The molecule has 98 valence electrons. The smallest absolute Gasteiger partial charge is 0.153 e. The van der Waals surface area contributed by atoms with E-state index < -0.39 is 0 Å². The first-order valence-corrected chi connectivity index (χ1v) is 6.49. The van der Waals surface area contributed by atoms with E-state index in [0.717, 1.165) is 21.7 Å². The molecule has 7 heteroatoms. The Bertz CT molecular complexity index is 551. The minimum absolute atomic E-state index is 0.0214. The maximum atomic E-state index is 4.46. The Morgan fingerprint density at radius 2 is 1.89 bits per heavy atom. The van der Waals surface area contributed by atoms with Crippen molar-refractivity contribution in [1.29, 1.82) is 0 Å². The van der Waals surface area contributed by atoms with Crippen molar-refractivity contribution in [1.82, 2.24) is 30.1 Å². The zero-order valence-electron chi connectivity index (χ0n) is 11.2. The summed E-state index contributed by atoms with van der Waals surface area (Å²) in [5, 5.41) is 15.8. The molecule has 0 saturated carbocycles. The molecule has 0 bridgehead atoms. The van der Waals surface area contributed by atoms with Gasteiger partial charge >= 0.3 is 0 Å². The van der Waals surface area contributed by atoms with Crippen LogP contribution in [0.1, 0.15) is 28.7 Å². The first-order chi connectivity index (χ1) is 8.47. The van der Waals surface area contributed by atoms with Crippen molar-refractivity contribution >= 4 is 15.9 Å². The third-order valence-corrected chi connectivity index (χ3v) is 3.81. The highest BCUT2D eigenvalue weighted by molar-refractivity contribution is 9.10. The second-order valence-corrected chi connectivity index (χ2v) is 5.07. The molecule has 0 aromatic carbocycles. The van der Waals surface area contributed by atoms with Crippen LogP contribution >= 0.6 is 15.9 Å². The molecule has 18 heavy (non-hydrogen) atoms. The van der Waals surface area contributed by atoms with Gasteiger partial charge in [0.1, 0.15) is 0 Å². The zero-order valence-corrected chi connectivity index (χ0v) is 12.8. The average molecular weight is 313 g/mol. The highest BCUT2D eigenvalue weighted by atomic mass is 79.9. The van der Waals surface area contributed by atoms with Gasteiger partial charge in [0, 0.05) is 25.4 Å². The quantitative estimate of drug-likeness (QED) is 0.926. The Labute approximate surface area is 114 Å². The van der Waals surface area contributed by atoms with Gasteiger partial charge in [0.25, 0.3) is 0 Å². The van der Waals surface area contributed by atoms with Gasteiger partial charge in [0.2, 0.25) is 0 Å². The number of aryl methyl sites for hydroxylation is 3. The summed E-state index contributed by atoms with van der Waals surface area (Å²) < 4.78 is 4.43. The van der Waals surface area contributed by atoms with Gasteiger partial charge < -0.3 is 5.32 Å². The van der Waals surface area contributed by atoms with E-state index in [1.54, 1.807) is 4.68 Å². The van der Waals surface area contributed by atoms with E-state index in [1.165, 1.54) is 5.56 Å². The van der Waals surface area contributed by atoms with E-state index in [2.05, 4.69) is 43.6 Å². The molecule has 0 spiro atoms. The van der Waals surface area contributed by atoms with Crippen molar-refractivity contribution in [2.75, 3.05) is 7.05 Å². The van der Waals surface area contributed by atoms with Crippen molar-refractivity contribution in [2.45, 2.75) is 19.9 Å². The molecular formula is C11H17BrN6. The summed E-state index contributed by atoms with van der Waals surface area (Å²) in [6.07, 6.45) is 0. The van der Waals surface area contributed by atoms with E-state index in [4.69, 9.17) is 0 Å². The van der Waals surface area contributed by atoms with Crippen LogP contribution in [0.2, 0.25) is 0 Å². The van der Waals surface area contributed by atoms with Crippen LogP contribution in [0.3, 0.4) is 0 Å². The molecule has 2 aromatic heterocycles. The molecule has 2 rings (SSSR count). The number of nitrogens with one attached hydrogen (secondary N) is 1. The molecule has 0 aliphatic heterocycles. The van der Waals surface area contributed by atoms with Gasteiger partial charge in [-0.2, -0.15) is 5.10 Å². The summed E-state index contributed by atoms with van der Waals surface area (Å²) in [4.78, 5) is 0. The summed E-state index contributed by atoms with van der Waals surface area (Å²) in [5.74, 6) is 0. The molecule has 0 aliphatic carbocycles. The molecule has 1 N–H and O–H groups in total. The fourth-order valence-corrected chi connectivity index (χ4v) is 2.83. The first kappa shape index (κ1) is 13.2. The van der Waals surface area contributed by atoms with E-state index >= 15 is 0 Å². The van der Waals surface area contributed by atoms with E-state index in [1.807, 2.05) is 32.7 Å². The van der Waals surface area contributed by atoms with Crippen LogP contribution in [-0.4, -0.2) is 31.8 Å². The summed E-state index contributed by atoms with van der Waals surface area (Å²) in [7, 11) is 5.77. The number of hydrogen-bond acceptors (Lipinski definition) is 4. The summed E-state index contributed by atoms with van der Waals surface area (Å²) >= 11 is 3.45. The molecule has 0 radical (unpaired) electrons. The fraction of sp³-hybridized carbons (Fsp3) is 0.545. The van der Waals surface area contributed by atoms with Crippen LogP contribution in [0.4, 0.5) is 0 Å². The first-order valence-electron chi connectivity index (χ1n) is 5.69. The average Bonchev–Trinajstić information content (AvgIpc) is 2.76. The maximum Gasteiger partial charge on any atom is 0.153 e. The third-order valence-electron chi connectivity index (χ3n) is 3.24. The van der Waals surface area contributed by atoms with Gasteiger partial charge in [-0.25, -0.2) is 4.68 Å². The maximum absolute atomic E-state index is 4.46. The van der Waals surface area contributed by atoms with Crippen LogP contribution in [-0.2, 0) is 14.1 Å². The highest BCUT2D eigenvalue weighted by Crippen LogP contribution is 2.30. The lowest BCUT2D eigenvalue weighted by molar-refractivity contribution is 0.592. The molecule has 0 amide bonds. The number of nitrogens with zero attached hydrogens (tertiary/aromatic N) is 5. The van der Waals surface area contributed by atoms with Crippen molar-refractivity contribution in [2.24, 2.45) is 14.1 Å². The van der Waals surface area contributed by atoms with E-state index in [-0.39, 0.29) is 6.04 Å². The van der Waals surface area contributed by atoms with Crippen LogP contribution in [0, 0.1) is 13.8 Å². The third kappa shape index (κ3) is 1.97. The minimum Gasteiger partial charge on any atom is -0.308 e. The number of rotatable bonds is 3. The normalized spacial score (nSPS) is 13.0. The monoisotopic (exact) mass is 312 g/mol. The van der Waals surface area contributed by atoms with Crippen LogP contribution in [0.15, 0.2) is 4.60 Å². The molecule has 6 nitrogen and oxygen atoms in total. The number of aromatic nitrogens is 5. The predicted molar refractivity (Wildman–Crippen MR) is 72.3 cm³/mol. The van der Waals surface area contributed by atoms with Gasteiger partial charge in [-0.1, -0.05) is 5.21 Å². The molecule has 1 atom stereocenters. The molecule has 0 saturated heterocycles. The molecule has 0 aliphatic rings. The van der Waals surface area contributed by atoms with Gasteiger partial charge in [-0.3, -0.25) is 4.68 Å². The Hall–Kier alpha value is -1.21. The van der Waals surface area contributed by atoms with Crippen LogP contribution < -0.4 is 5.32 Å². The number of hydrogen-bond donors (Lipinski definition) is 1. The summed E-state index contributed by atoms with van der Waals surface area (Å²) in [5.41, 5.74) is 4.32. The van der Waals surface area contributed by atoms with Crippen LogP contribution in [0.5, 0.6) is 0 Å². The van der Waals surface area contributed by atoms with E-state index in [9.17, 15) is 0 Å². The highest BCUT2D eigenvalue weighted by Gasteiger charge is 2.25.